The van der Waals surface area contributed by atoms with Crippen molar-refractivity contribution in [2.75, 3.05) is 13.1 Å². The topological polar surface area (TPSA) is 12.0 Å². The summed E-state index contributed by atoms with van der Waals surface area (Å²) in [6, 6.07) is 0. The van der Waals surface area contributed by atoms with Gasteiger partial charge in [-0.05, 0) is 37.8 Å². The molecule has 1 saturated carbocycles. The van der Waals surface area contributed by atoms with Gasteiger partial charge in [0.05, 0.1) is 0 Å². The zero-order chi connectivity index (χ0) is 8.93. The third-order valence-electron chi connectivity index (χ3n) is 3.95. The van der Waals surface area contributed by atoms with E-state index in [0.29, 0.717) is 0 Å². The summed E-state index contributed by atoms with van der Waals surface area (Å²) in [7, 11) is 0. The lowest BCUT2D eigenvalue weighted by Gasteiger charge is -2.30. The van der Waals surface area contributed by atoms with E-state index in [2.05, 4.69) is 5.32 Å². The van der Waals surface area contributed by atoms with E-state index in [1.807, 2.05) is 0 Å². The fourth-order valence-corrected chi connectivity index (χ4v) is 3.10. The predicted molar refractivity (Wildman–Crippen MR) is 56.8 cm³/mol. The zero-order valence-corrected chi connectivity index (χ0v) is 8.73. The second-order valence-electron chi connectivity index (χ2n) is 4.84. The van der Waals surface area contributed by atoms with Crippen LogP contribution in [-0.4, -0.2) is 13.1 Å². The maximum Gasteiger partial charge on any atom is -0.00462 e. The van der Waals surface area contributed by atoms with E-state index in [-0.39, 0.29) is 0 Å². The minimum atomic E-state index is 1.07. The molecule has 1 saturated heterocycles. The lowest BCUT2D eigenvalue weighted by Crippen LogP contribution is -2.31. The average Bonchev–Trinajstić information content (AvgIpc) is 2.47. The Morgan fingerprint density at radius 1 is 0.615 bits per heavy atom. The molecule has 0 unspecified atom stereocenters. The zero-order valence-electron chi connectivity index (χ0n) is 8.73. The molecular formula is C12H23N. The fraction of sp³-hybridized carbons (Fsp3) is 1.00. The van der Waals surface area contributed by atoms with Gasteiger partial charge in [-0.2, -0.15) is 0 Å². The second-order valence-corrected chi connectivity index (χ2v) is 4.84. The van der Waals surface area contributed by atoms with E-state index in [0.717, 1.165) is 11.8 Å². The first-order valence-corrected chi connectivity index (χ1v) is 6.17. The highest BCUT2D eigenvalue weighted by Crippen LogP contribution is 2.33. The van der Waals surface area contributed by atoms with Crippen LogP contribution in [0, 0.1) is 11.8 Å². The van der Waals surface area contributed by atoms with E-state index in [1.54, 1.807) is 0 Å². The lowest BCUT2D eigenvalue weighted by atomic mass is 9.80. The Bertz CT molecular complexity index is 130. The first kappa shape index (κ1) is 9.51. The highest BCUT2D eigenvalue weighted by molar-refractivity contribution is 4.77. The molecule has 0 aromatic rings. The molecule has 1 aliphatic heterocycles. The van der Waals surface area contributed by atoms with Gasteiger partial charge in [0.2, 0.25) is 0 Å². The predicted octanol–water partition coefficient (Wildman–Crippen LogP) is 2.96. The Kier molecular flexibility index (Phi) is 3.65. The van der Waals surface area contributed by atoms with Gasteiger partial charge in [-0.3, -0.25) is 0 Å². The Morgan fingerprint density at radius 2 is 1.15 bits per heavy atom. The number of nitrogens with one attached hydrogen (secondary N) is 1. The first-order chi connectivity index (χ1) is 6.47. The van der Waals surface area contributed by atoms with E-state index in [1.165, 1.54) is 64.5 Å². The van der Waals surface area contributed by atoms with E-state index < -0.39 is 0 Å². The molecule has 1 heterocycles. The molecular weight excluding hydrogens is 158 g/mol. The summed E-state index contributed by atoms with van der Waals surface area (Å²) in [6.07, 6.45) is 12.0. The van der Waals surface area contributed by atoms with Crippen LogP contribution in [0.3, 0.4) is 0 Å². The highest BCUT2D eigenvalue weighted by atomic mass is 14.9. The quantitative estimate of drug-likeness (QED) is 0.613. The maximum absolute atomic E-state index is 3.47. The molecule has 1 aliphatic carbocycles. The molecule has 0 aromatic carbocycles. The maximum atomic E-state index is 3.47. The van der Waals surface area contributed by atoms with Crippen molar-refractivity contribution in [3.05, 3.63) is 0 Å². The third kappa shape index (κ3) is 2.70. The molecule has 2 aliphatic rings. The van der Waals surface area contributed by atoms with Gasteiger partial charge in [0.1, 0.15) is 0 Å². The molecule has 2 fully saturated rings. The van der Waals surface area contributed by atoms with Crippen molar-refractivity contribution in [1.29, 1.82) is 0 Å². The Balaban J connectivity index is 1.82. The molecule has 76 valence electrons. The van der Waals surface area contributed by atoms with Crippen molar-refractivity contribution < 1.29 is 0 Å². The van der Waals surface area contributed by atoms with Crippen LogP contribution in [0.5, 0.6) is 0 Å². The fourth-order valence-electron chi connectivity index (χ4n) is 3.10. The van der Waals surface area contributed by atoms with Crippen LogP contribution >= 0.6 is 0 Å². The number of rotatable bonds is 1. The monoisotopic (exact) mass is 181 g/mol. The highest BCUT2D eigenvalue weighted by Gasteiger charge is 2.23. The first-order valence-electron chi connectivity index (χ1n) is 6.17. The van der Waals surface area contributed by atoms with Gasteiger partial charge >= 0.3 is 0 Å². The van der Waals surface area contributed by atoms with Crippen molar-refractivity contribution >= 4 is 0 Å². The van der Waals surface area contributed by atoms with E-state index in [9.17, 15) is 0 Å². The molecule has 1 nitrogen and oxygen atoms in total. The summed E-state index contributed by atoms with van der Waals surface area (Å²) in [5.74, 6) is 2.16. The number of piperidine rings is 1. The van der Waals surface area contributed by atoms with Gasteiger partial charge in [0.25, 0.3) is 0 Å². The minimum Gasteiger partial charge on any atom is -0.317 e. The van der Waals surface area contributed by atoms with Gasteiger partial charge in [0.15, 0.2) is 0 Å². The van der Waals surface area contributed by atoms with E-state index >= 15 is 0 Å². The lowest BCUT2D eigenvalue weighted by molar-refractivity contribution is 0.237. The summed E-state index contributed by atoms with van der Waals surface area (Å²) in [5.41, 5.74) is 0. The molecule has 1 N–H and O–H groups in total. The van der Waals surface area contributed by atoms with Gasteiger partial charge in [0, 0.05) is 0 Å². The van der Waals surface area contributed by atoms with E-state index in [4.69, 9.17) is 0 Å². The van der Waals surface area contributed by atoms with Crippen molar-refractivity contribution in [3.63, 3.8) is 0 Å². The van der Waals surface area contributed by atoms with Gasteiger partial charge in [-0.1, -0.05) is 38.5 Å². The Morgan fingerprint density at radius 3 is 1.77 bits per heavy atom. The van der Waals surface area contributed by atoms with Gasteiger partial charge in [-0.25, -0.2) is 0 Å². The molecule has 0 radical (unpaired) electrons. The minimum absolute atomic E-state index is 1.07. The molecule has 0 bridgehead atoms. The summed E-state index contributed by atoms with van der Waals surface area (Å²) < 4.78 is 0. The smallest absolute Gasteiger partial charge is 0.00462 e. The van der Waals surface area contributed by atoms with Crippen molar-refractivity contribution in [3.8, 4) is 0 Å². The molecule has 2 rings (SSSR count). The van der Waals surface area contributed by atoms with Crippen LogP contribution in [0.15, 0.2) is 0 Å². The molecule has 1 heteroatoms. The molecule has 0 aromatic heterocycles. The Labute approximate surface area is 82.3 Å². The van der Waals surface area contributed by atoms with Crippen LogP contribution in [0.2, 0.25) is 0 Å². The Hall–Kier alpha value is -0.0400. The number of hydrogen-bond acceptors (Lipinski definition) is 1. The standard InChI is InChI=1S/C12H23N/c1-2-4-6-11(5-3-1)12-7-9-13-10-8-12/h11-13H,1-10H2. The van der Waals surface area contributed by atoms with Gasteiger partial charge in [-0.15, -0.1) is 0 Å². The summed E-state index contributed by atoms with van der Waals surface area (Å²) >= 11 is 0. The molecule has 0 atom stereocenters. The van der Waals surface area contributed by atoms with Gasteiger partial charge < -0.3 is 5.32 Å². The van der Waals surface area contributed by atoms with Crippen LogP contribution in [-0.2, 0) is 0 Å². The van der Waals surface area contributed by atoms with Crippen LogP contribution in [0.4, 0.5) is 0 Å². The van der Waals surface area contributed by atoms with Crippen molar-refractivity contribution in [2.24, 2.45) is 11.8 Å². The van der Waals surface area contributed by atoms with Crippen molar-refractivity contribution in [1.82, 2.24) is 5.32 Å². The van der Waals surface area contributed by atoms with Crippen LogP contribution in [0.1, 0.15) is 51.4 Å². The summed E-state index contributed by atoms with van der Waals surface area (Å²) in [4.78, 5) is 0. The average molecular weight is 181 g/mol. The molecule has 0 spiro atoms. The summed E-state index contributed by atoms with van der Waals surface area (Å²) in [6.45, 7) is 2.56. The molecule has 0 amide bonds. The van der Waals surface area contributed by atoms with Crippen molar-refractivity contribution in [2.45, 2.75) is 51.4 Å². The van der Waals surface area contributed by atoms with Crippen LogP contribution in [0.25, 0.3) is 0 Å². The number of hydrogen-bond donors (Lipinski definition) is 1. The SMILES string of the molecule is C1CCCC(C2CCNCC2)CC1. The molecule has 13 heavy (non-hydrogen) atoms. The normalized spacial score (nSPS) is 28.6. The third-order valence-corrected chi connectivity index (χ3v) is 3.95. The van der Waals surface area contributed by atoms with Crippen LogP contribution < -0.4 is 5.32 Å². The largest absolute Gasteiger partial charge is 0.317 e. The summed E-state index contributed by atoms with van der Waals surface area (Å²) in [5, 5.41) is 3.47. The second kappa shape index (κ2) is 4.99.